The lowest BCUT2D eigenvalue weighted by atomic mass is 10.2. The van der Waals surface area contributed by atoms with Crippen molar-refractivity contribution in [1.29, 1.82) is 0 Å². The van der Waals surface area contributed by atoms with E-state index in [1.165, 1.54) is 29.4 Å². The molecule has 0 fully saturated rings. The van der Waals surface area contributed by atoms with Gasteiger partial charge in [0, 0.05) is 36.2 Å². The average Bonchev–Trinajstić information content (AvgIpc) is 3.21. The molecule has 0 spiro atoms. The number of carbonyl (C=O) groups is 1. The van der Waals surface area contributed by atoms with Crippen LogP contribution in [0.5, 0.6) is 5.75 Å². The Morgan fingerprint density at radius 1 is 1.10 bits per heavy atom. The minimum absolute atomic E-state index is 0.00376. The number of aliphatic hydroxyl groups excluding tert-OH is 1. The Balaban J connectivity index is 1.23. The van der Waals surface area contributed by atoms with E-state index in [-0.39, 0.29) is 13.2 Å². The Morgan fingerprint density at radius 3 is 2.71 bits per heavy atom. The molecule has 31 heavy (non-hydrogen) atoms. The van der Waals surface area contributed by atoms with E-state index >= 15 is 0 Å². The van der Waals surface area contributed by atoms with Crippen LogP contribution in [0.15, 0.2) is 72.8 Å². The molecular formula is C24H24FN3O3. The van der Waals surface area contributed by atoms with Crippen LogP contribution in [-0.2, 0) is 6.42 Å². The van der Waals surface area contributed by atoms with Crippen LogP contribution in [0.1, 0.15) is 5.56 Å². The van der Waals surface area contributed by atoms with E-state index in [4.69, 9.17) is 4.74 Å². The van der Waals surface area contributed by atoms with Crippen molar-refractivity contribution in [2.24, 2.45) is 0 Å². The largest absolute Gasteiger partial charge is 0.491 e. The van der Waals surface area contributed by atoms with Crippen molar-refractivity contribution in [3.8, 4) is 5.75 Å². The van der Waals surface area contributed by atoms with E-state index in [2.05, 4.69) is 33.7 Å². The first-order valence-corrected chi connectivity index (χ1v) is 10.2. The first kappa shape index (κ1) is 20.7. The van der Waals surface area contributed by atoms with Gasteiger partial charge in [-0.1, -0.05) is 24.3 Å². The molecule has 1 unspecified atom stereocenters. The van der Waals surface area contributed by atoms with Gasteiger partial charge in [0.2, 0.25) is 0 Å². The van der Waals surface area contributed by atoms with E-state index in [0.717, 1.165) is 18.7 Å². The summed E-state index contributed by atoms with van der Waals surface area (Å²) in [7, 11) is 0. The van der Waals surface area contributed by atoms with Crippen molar-refractivity contribution >= 4 is 23.1 Å². The number of fused-ring (bicyclic) bond motifs is 1. The van der Waals surface area contributed by atoms with Gasteiger partial charge in [-0.25, -0.2) is 9.18 Å². The SMILES string of the molecule is O=C(NCC(O)COc1cccc(F)c1)Nc1ccc(N2CCc3ccccc32)cc1. The Hall–Kier alpha value is -3.58. The fraction of sp³-hybridized carbons (Fsp3) is 0.208. The number of rotatable bonds is 7. The van der Waals surface area contributed by atoms with Crippen LogP contribution in [0, 0.1) is 5.82 Å². The fourth-order valence-corrected chi connectivity index (χ4v) is 3.53. The lowest BCUT2D eigenvalue weighted by Crippen LogP contribution is -2.37. The van der Waals surface area contributed by atoms with Gasteiger partial charge in [0.05, 0.1) is 0 Å². The minimum atomic E-state index is -0.924. The highest BCUT2D eigenvalue weighted by molar-refractivity contribution is 5.89. The molecule has 0 bridgehead atoms. The van der Waals surface area contributed by atoms with Gasteiger partial charge in [-0.15, -0.1) is 0 Å². The molecular weight excluding hydrogens is 397 g/mol. The van der Waals surface area contributed by atoms with Gasteiger partial charge in [0.15, 0.2) is 0 Å². The summed E-state index contributed by atoms with van der Waals surface area (Å²) in [5.74, 6) is -0.0892. The third kappa shape index (κ3) is 5.32. The first-order valence-electron chi connectivity index (χ1n) is 10.2. The molecule has 2 amide bonds. The highest BCUT2D eigenvalue weighted by Crippen LogP contribution is 2.34. The molecule has 160 valence electrons. The van der Waals surface area contributed by atoms with E-state index < -0.39 is 18.0 Å². The van der Waals surface area contributed by atoms with Gasteiger partial charge in [-0.3, -0.25) is 0 Å². The topological polar surface area (TPSA) is 73.8 Å². The van der Waals surface area contributed by atoms with Gasteiger partial charge in [0.1, 0.15) is 24.3 Å². The van der Waals surface area contributed by atoms with Crippen molar-refractivity contribution in [3.63, 3.8) is 0 Å². The van der Waals surface area contributed by atoms with Gasteiger partial charge in [-0.2, -0.15) is 0 Å². The smallest absolute Gasteiger partial charge is 0.319 e. The molecule has 3 aromatic rings. The number of amides is 2. The number of ether oxygens (including phenoxy) is 1. The molecule has 0 saturated carbocycles. The highest BCUT2D eigenvalue weighted by Gasteiger charge is 2.19. The Labute approximate surface area is 180 Å². The van der Waals surface area contributed by atoms with Crippen molar-refractivity contribution < 1.29 is 19.0 Å². The van der Waals surface area contributed by atoms with E-state index in [0.29, 0.717) is 11.4 Å². The van der Waals surface area contributed by atoms with E-state index in [1.807, 2.05) is 30.3 Å². The second-order valence-electron chi connectivity index (χ2n) is 7.33. The normalized spacial score (nSPS) is 13.4. The van der Waals surface area contributed by atoms with E-state index in [1.54, 1.807) is 6.07 Å². The third-order valence-corrected chi connectivity index (χ3v) is 5.06. The standard InChI is InChI=1S/C24H24FN3O3/c25-18-5-3-6-22(14-18)31-16-21(29)15-26-24(30)27-19-8-10-20(11-9-19)28-13-12-17-4-1-2-7-23(17)28/h1-11,14,21,29H,12-13,15-16H2,(H2,26,27,30). The van der Waals surface area contributed by atoms with Crippen molar-refractivity contribution in [3.05, 3.63) is 84.2 Å². The second kappa shape index (κ2) is 9.49. The van der Waals surface area contributed by atoms with E-state index in [9.17, 15) is 14.3 Å². The predicted octanol–water partition coefficient (Wildman–Crippen LogP) is 4.08. The molecule has 1 aliphatic rings. The number of anilines is 3. The molecule has 1 heterocycles. The number of hydrogen-bond donors (Lipinski definition) is 3. The summed E-state index contributed by atoms with van der Waals surface area (Å²) in [5.41, 5.74) is 4.28. The number of para-hydroxylation sites is 1. The second-order valence-corrected chi connectivity index (χ2v) is 7.33. The predicted molar refractivity (Wildman–Crippen MR) is 119 cm³/mol. The quantitative estimate of drug-likeness (QED) is 0.538. The molecule has 4 rings (SSSR count). The molecule has 3 N–H and O–H groups in total. The number of nitrogens with one attached hydrogen (secondary N) is 2. The van der Waals surface area contributed by atoms with Crippen LogP contribution in [0.3, 0.4) is 0 Å². The maximum Gasteiger partial charge on any atom is 0.319 e. The van der Waals surface area contributed by atoms with Gasteiger partial charge < -0.3 is 25.4 Å². The lowest BCUT2D eigenvalue weighted by Gasteiger charge is -2.20. The van der Waals surface area contributed by atoms with Crippen LogP contribution in [0.2, 0.25) is 0 Å². The lowest BCUT2D eigenvalue weighted by molar-refractivity contribution is 0.108. The van der Waals surface area contributed by atoms with Crippen LogP contribution in [0.25, 0.3) is 0 Å². The Kier molecular flexibility index (Phi) is 6.33. The monoisotopic (exact) mass is 421 g/mol. The third-order valence-electron chi connectivity index (χ3n) is 5.06. The molecule has 0 radical (unpaired) electrons. The molecule has 7 heteroatoms. The molecule has 0 aliphatic carbocycles. The van der Waals surface area contributed by atoms with Crippen molar-refractivity contribution in [2.75, 3.05) is 29.9 Å². The number of hydrogen-bond acceptors (Lipinski definition) is 4. The van der Waals surface area contributed by atoms with Gasteiger partial charge >= 0.3 is 6.03 Å². The first-order chi connectivity index (χ1) is 15.1. The number of aliphatic hydroxyl groups is 1. The van der Waals surface area contributed by atoms with Gasteiger partial charge in [0.25, 0.3) is 0 Å². The van der Waals surface area contributed by atoms with Crippen LogP contribution >= 0.6 is 0 Å². The summed E-state index contributed by atoms with van der Waals surface area (Å²) in [6.07, 6.45) is 0.0933. The summed E-state index contributed by atoms with van der Waals surface area (Å²) in [6.45, 7) is 0.877. The zero-order valence-corrected chi connectivity index (χ0v) is 16.9. The maximum atomic E-state index is 13.1. The molecule has 0 aromatic heterocycles. The highest BCUT2D eigenvalue weighted by atomic mass is 19.1. The summed E-state index contributed by atoms with van der Waals surface area (Å²) in [5, 5.41) is 15.3. The summed E-state index contributed by atoms with van der Waals surface area (Å²) in [4.78, 5) is 14.4. The summed E-state index contributed by atoms with van der Waals surface area (Å²) >= 11 is 0. The molecule has 1 aliphatic heterocycles. The number of carbonyl (C=O) groups excluding carboxylic acids is 1. The van der Waals surface area contributed by atoms with Crippen molar-refractivity contribution in [1.82, 2.24) is 5.32 Å². The van der Waals surface area contributed by atoms with Crippen LogP contribution in [-0.4, -0.2) is 36.9 Å². The number of benzene rings is 3. The zero-order chi connectivity index (χ0) is 21.6. The zero-order valence-electron chi connectivity index (χ0n) is 16.9. The number of urea groups is 1. The van der Waals surface area contributed by atoms with Crippen LogP contribution in [0.4, 0.5) is 26.2 Å². The number of nitrogens with zero attached hydrogens (tertiary/aromatic N) is 1. The Bertz CT molecular complexity index is 1040. The summed E-state index contributed by atoms with van der Waals surface area (Å²) < 4.78 is 18.4. The maximum absolute atomic E-state index is 13.1. The molecule has 3 aromatic carbocycles. The summed E-state index contributed by atoms with van der Waals surface area (Å²) in [6, 6.07) is 21.2. The molecule has 0 saturated heterocycles. The Morgan fingerprint density at radius 2 is 1.90 bits per heavy atom. The molecule has 6 nitrogen and oxygen atoms in total. The van der Waals surface area contributed by atoms with Crippen molar-refractivity contribution in [2.45, 2.75) is 12.5 Å². The number of halogens is 1. The molecule has 1 atom stereocenters. The van der Waals surface area contributed by atoms with Crippen LogP contribution < -0.4 is 20.3 Å². The van der Waals surface area contributed by atoms with Gasteiger partial charge in [-0.05, 0) is 54.4 Å². The minimum Gasteiger partial charge on any atom is -0.491 e. The fourth-order valence-electron chi connectivity index (χ4n) is 3.53. The average molecular weight is 421 g/mol.